The lowest BCUT2D eigenvalue weighted by Crippen LogP contribution is -2.22. The number of aryl methyl sites for hydroxylation is 1. The number of hydrogen-bond acceptors (Lipinski definition) is 8. The minimum atomic E-state index is -0.381. The van der Waals surface area contributed by atoms with Crippen LogP contribution in [0.4, 0.5) is 11.6 Å². The molecule has 0 saturated carbocycles. The fraction of sp³-hybridized carbons (Fsp3) is 0.500. The van der Waals surface area contributed by atoms with E-state index in [1.54, 1.807) is 10.8 Å². The number of oxazole rings is 1. The number of hydrogen-bond donors (Lipinski definition) is 1. The largest absolute Gasteiger partial charge is 0.454 e. The van der Waals surface area contributed by atoms with E-state index in [1.165, 1.54) is 0 Å². The van der Waals surface area contributed by atoms with Crippen LogP contribution in [-0.2, 0) is 0 Å². The Bertz CT molecular complexity index is 1120. The number of aromatic nitrogens is 3. The third-order valence-electron chi connectivity index (χ3n) is 5.21. The molecule has 31 heavy (non-hydrogen) atoms. The third kappa shape index (κ3) is 4.66. The molecule has 4 rings (SSSR count). The first kappa shape index (κ1) is 21.5. The van der Waals surface area contributed by atoms with Gasteiger partial charge < -0.3 is 19.2 Å². The number of ether oxygens (including phenoxy) is 2. The zero-order chi connectivity index (χ0) is 22.0. The lowest BCUT2D eigenvalue weighted by Gasteiger charge is -2.17. The SMILES string of the molecule is CCCC(CCSC(C)C)n1c(=O)oc2cnc(Nc3cc4c(cc3C)OCO4)nc21. The minimum Gasteiger partial charge on any atom is -0.454 e. The second-order valence-corrected chi connectivity index (χ2v) is 9.60. The summed E-state index contributed by atoms with van der Waals surface area (Å²) in [5, 5.41) is 3.80. The summed E-state index contributed by atoms with van der Waals surface area (Å²) in [5.41, 5.74) is 2.72. The van der Waals surface area contributed by atoms with Crippen molar-refractivity contribution < 1.29 is 13.9 Å². The highest BCUT2D eigenvalue weighted by atomic mass is 32.2. The molecule has 9 heteroatoms. The molecular formula is C22H28N4O4S. The molecule has 1 aliphatic heterocycles. The summed E-state index contributed by atoms with van der Waals surface area (Å²) in [7, 11) is 0. The molecule has 1 atom stereocenters. The Morgan fingerprint density at radius 2 is 2.00 bits per heavy atom. The molecule has 1 aromatic carbocycles. The molecule has 1 aliphatic rings. The molecule has 0 radical (unpaired) electrons. The molecule has 0 aliphatic carbocycles. The van der Waals surface area contributed by atoms with Crippen LogP contribution in [0.15, 0.2) is 27.5 Å². The second kappa shape index (κ2) is 9.21. The standard InChI is InChI=1S/C22H28N4O4S/c1-5-6-15(7-8-31-13(2)3)26-20-19(30-22(26)27)11-23-21(25-20)24-16-10-18-17(9-14(16)4)28-12-29-18/h9-11,13,15H,5-8,12H2,1-4H3,(H,23,24,25). The molecule has 1 N–H and O–H groups in total. The number of nitrogens with one attached hydrogen (secondary N) is 1. The Hall–Kier alpha value is -2.68. The van der Waals surface area contributed by atoms with Crippen LogP contribution in [0.5, 0.6) is 11.5 Å². The first-order chi connectivity index (χ1) is 15.0. The molecular weight excluding hydrogens is 416 g/mol. The second-order valence-electron chi connectivity index (χ2n) is 7.92. The number of thioether (sulfide) groups is 1. The zero-order valence-corrected chi connectivity index (χ0v) is 19.1. The fourth-order valence-corrected chi connectivity index (χ4v) is 4.57. The van der Waals surface area contributed by atoms with Gasteiger partial charge in [-0.2, -0.15) is 16.7 Å². The van der Waals surface area contributed by atoms with Crippen molar-refractivity contribution in [3.05, 3.63) is 34.4 Å². The van der Waals surface area contributed by atoms with Crippen LogP contribution in [0.1, 0.15) is 51.6 Å². The molecule has 8 nitrogen and oxygen atoms in total. The number of anilines is 2. The summed E-state index contributed by atoms with van der Waals surface area (Å²) < 4.78 is 18.0. The maximum absolute atomic E-state index is 12.7. The molecule has 0 spiro atoms. The van der Waals surface area contributed by atoms with Crippen LogP contribution < -0.4 is 20.5 Å². The highest BCUT2D eigenvalue weighted by molar-refractivity contribution is 7.99. The summed E-state index contributed by atoms with van der Waals surface area (Å²) in [6, 6.07) is 3.83. The summed E-state index contributed by atoms with van der Waals surface area (Å²) in [5.74, 6) is 2.41. The maximum Gasteiger partial charge on any atom is 0.421 e. The van der Waals surface area contributed by atoms with Crippen LogP contribution in [0.2, 0.25) is 0 Å². The average Bonchev–Trinajstić information content (AvgIpc) is 3.30. The number of rotatable bonds is 9. The van der Waals surface area contributed by atoms with Gasteiger partial charge in [0.05, 0.1) is 6.20 Å². The lowest BCUT2D eigenvalue weighted by atomic mass is 10.1. The van der Waals surface area contributed by atoms with Crippen LogP contribution in [0, 0.1) is 6.92 Å². The Labute approximate surface area is 185 Å². The van der Waals surface area contributed by atoms with Crippen LogP contribution in [-0.4, -0.2) is 32.3 Å². The van der Waals surface area contributed by atoms with Gasteiger partial charge in [-0.15, -0.1) is 0 Å². The highest BCUT2D eigenvalue weighted by Crippen LogP contribution is 2.37. The summed E-state index contributed by atoms with van der Waals surface area (Å²) in [6.07, 6.45) is 4.31. The van der Waals surface area contributed by atoms with E-state index in [0.717, 1.165) is 42.0 Å². The van der Waals surface area contributed by atoms with Crippen LogP contribution in [0.3, 0.4) is 0 Å². The van der Waals surface area contributed by atoms with E-state index < -0.39 is 0 Å². The van der Waals surface area contributed by atoms with Gasteiger partial charge in [0.15, 0.2) is 22.7 Å². The van der Waals surface area contributed by atoms with Crippen molar-refractivity contribution in [2.75, 3.05) is 17.9 Å². The van der Waals surface area contributed by atoms with Crippen molar-refractivity contribution in [3.63, 3.8) is 0 Å². The summed E-state index contributed by atoms with van der Waals surface area (Å²) in [6.45, 7) is 8.68. The van der Waals surface area contributed by atoms with E-state index >= 15 is 0 Å². The predicted octanol–water partition coefficient (Wildman–Crippen LogP) is 5.04. The van der Waals surface area contributed by atoms with Gasteiger partial charge in [0.2, 0.25) is 12.7 Å². The minimum absolute atomic E-state index is 0.0417. The molecule has 0 fully saturated rings. The molecule has 0 amide bonds. The van der Waals surface area contributed by atoms with Gasteiger partial charge in [-0.05, 0) is 42.4 Å². The summed E-state index contributed by atoms with van der Waals surface area (Å²) in [4.78, 5) is 21.7. The van der Waals surface area contributed by atoms with Crippen molar-refractivity contribution in [2.24, 2.45) is 0 Å². The Kier molecular flexibility index (Phi) is 6.41. The number of nitrogens with zero attached hydrogens (tertiary/aromatic N) is 3. The lowest BCUT2D eigenvalue weighted by molar-refractivity contribution is 0.174. The monoisotopic (exact) mass is 444 g/mol. The van der Waals surface area contributed by atoms with Crippen molar-refractivity contribution >= 4 is 34.6 Å². The Balaban J connectivity index is 1.65. The van der Waals surface area contributed by atoms with E-state index in [-0.39, 0.29) is 18.6 Å². The van der Waals surface area contributed by atoms with E-state index in [1.807, 2.05) is 30.8 Å². The van der Waals surface area contributed by atoms with Crippen molar-refractivity contribution in [2.45, 2.75) is 58.2 Å². The van der Waals surface area contributed by atoms with E-state index in [0.29, 0.717) is 28.2 Å². The van der Waals surface area contributed by atoms with Gasteiger partial charge in [-0.25, -0.2) is 9.78 Å². The maximum atomic E-state index is 12.7. The van der Waals surface area contributed by atoms with Gasteiger partial charge in [-0.3, -0.25) is 4.57 Å². The molecule has 166 valence electrons. The quantitative estimate of drug-likeness (QED) is 0.491. The highest BCUT2D eigenvalue weighted by Gasteiger charge is 2.21. The first-order valence-corrected chi connectivity index (χ1v) is 11.7. The zero-order valence-electron chi connectivity index (χ0n) is 18.3. The van der Waals surface area contributed by atoms with Gasteiger partial charge >= 0.3 is 5.76 Å². The van der Waals surface area contributed by atoms with Gasteiger partial charge in [0.25, 0.3) is 0 Å². The van der Waals surface area contributed by atoms with E-state index in [2.05, 4.69) is 36.1 Å². The molecule has 0 saturated heterocycles. The van der Waals surface area contributed by atoms with E-state index in [9.17, 15) is 4.79 Å². The summed E-state index contributed by atoms with van der Waals surface area (Å²) >= 11 is 1.90. The Morgan fingerprint density at radius 3 is 2.74 bits per heavy atom. The van der Waals surface area contributed by atoms with Crippen LogP contribution >= 0.6 is 11.8 Å². The van der Waals surface area contributed by atoms with E-state index in [4.69, 9.17) is 13.9 Å². The third-order valence-corrected chi connectivity index (χ3v) is 6.35. The molecule has 3 heterocycles. The first-order valence-electron chi connectivity index (χ1n) is 10.6. The van der Waals surface area contributed by atoms with Gasteiger partial charge in [-0.1, -0.05) is 27.2 Å². The van der Waals surface area contributed by atoms with Crippen molar-refractivity contribution in [1.29, 1.82) is 0 Å². The Morgan fingerprint density at radius 1 is 1.23 bits per heavy atom. The van der Waals surface area contributed by atoms with Crippen molar-refractivity contribution in [3.8, 4) is 11.5 Å². The smallest absolute Gasteiger partial charge is 0.421 e. The molecule has 0 bridgehead atoms. The van der Waals surface area contributed by atoms with Gasteiger partial charge in [0, 0.05) is 17.8 Å². The van der Waals surface area contributed by atoms with Crippen molar-refractivity contribution in [1.82, 2.24) is 14.5 Å². The normalized spacial score (nSPS) is 13.8. The molecule has 3 aromatic rings. The fourth-order valence-electron chi connectivity index (χ4n) is 3.69. The number of fused-ring (bicyclic) bond motifs is 2. The van der Waals surface area contributed by atoms with Crippen LogP contribution in [0.25, 0.3) is 11.2 Å². The topological polar surface area (TPSA) is 91.4 Å². The van der Waals surface area contributed by atoms with Gasteiger partial charge in [0.1, 0.15) is 0 Å². The molecule has 1 unspecified atom stereocenters. The molecule has 2 aromatic heterocycles. The number of benzene rings is 1. The average molecular weight is 445 g/mol. The predicted molar refractivity (Wildman–Crippen MR) is 123 cm³/mol.